The van der Waals surface area contributed by atoms with E-state index in [1.54, 1.807) is 18.2 Å². The Bertz CT molecular complexity index is 538. The Morgan fingerprint density at radius 1 is 1.52 bits per heavy atom. The lowest BCUT2D eigenvalue weighted by atomic mass is 10.0. The summed E-state index contributed by atoms with van der Waals surface area (Å²) in [5.41, 5.74) is 0.574. The van der Waals surface area contributed by atoms with E-state index in [9.17, 15) is 9.18 Å². The summed E-state index contributed by atoms with van der Waals surface area (Å²) in [4.78, 5) is 15.7. The molecule has 23 heavy (non-hydrogen) atoms. The summed E-state index contributed by atoms with van der Waals surface area (Å²) in [5.74, 6) is -0.243. The summed E-state index contributed by atoms with van der Waals surface area (Å²) in [6.07, 6.45) is 3.38. The molecule has 6 heteroatoms. The van der Waals surface area contributed by atoms with Crippen molar-refractivity contribution in [2.75, 3.05) is 37.7 Å². The monoisotopic (exact) mass is 321 g/mol. The number of nitrogens with one attached hydrogen (secondary N) is 1. The van der Waals surface area contributed by atoms with E-state index < -0.39 is 0 Å². The molecule has 1 saturated heterocycles. The Hall–Kier alpha value is -2.08. The molecule has 1 aliphatic rings. The number of benzene rings is 1. The van der Waals surface area contributed by atoms with E-state index in [1.807, 2.05) is 11.0 Å². The van der Waals surface area contributed by atoms with Crippen LogP contribution in [0.25, 0.3) is 0 Å². The van der Waals surface area contributed by atoms with Crippen LogP contribution in [-0.4, -0.2) is 54.9 Å². The molecule has 1 aromatic carbocycles. The molecule has 2 rings (SSSR count). The fraction of sp³-hybridized carbons (Fsp3) is 0.471. The van der Waals surface area contributed by atoms with E-state index in [-0.39, 0.29) is 31.0 Å². The molecule has 1 unspecified atom stereocenters. The Labute approximate surface area is 136 Å². The molecule has 5 nitrogen and oxygen atoms in total. The number of piperidine rings is 1. The van der Waals surface area contributed by atoms with Crippen LogP contribution in [0, 0.1) is 5.82 Å². The number of hydrogen-bond acceptors (Lipinski definition) is 3. The molecule has 2 N–H and O–H groups in total. The Morgan fingerprint density at radius 2 is 2.30 bits per heavy atom. The minimum absolute atomic E-state index is 0.0399. The minimum atomic E-state index is -0.243. The van der Waals surface area contributed by atoms with Gasteiger partial charge < -0.3 is 20.2 Å². The molecule has 0 spiro atoms. The van der Waals surface area contributed by atoms with Crippen LogP contribution in [0.2, 0.25) is 0 Å². The zero-order valence-electron chi connectivity index (χ0n) is 13.2. The zero-order valence-corrected chi connectivity index (χ0v) is 13.2. The highest BCUT2D eigenvalue weighted by Crippen LogP contribution is 2.22. The van der Waals surface area contributed by atoms with E-state index in [0.29, 0.717) is 18.8 Å². The van der Waals surface area contributed by atoms with Gasteiger partial charge in [-0.1, -0.05) is 18.2 Å². The summed E-state index contributed by atoms with van der Waals surface area (Å²) >= 11 is 0. The van der Waals surface area contributed by atoms with Gasteiger partial charge in [0, 0.05) is 32.2 Å². The second kappa shape index (κ2) is 8.53. The van der Waals surface area contributed by atoms with Gasteiger partial charge in [0.05, 0.1) is 12.3 Å². The first-order valence-corrected chi connectivity index (χ1v) is 7.92. The molecule has 1 atom stereocenters. The highest BCUT2D eigenvalue weighted by molar-refractivity contribution is 5.74. The smallest absolute Gasteiger partial charge is 0.318 e. The second-order valence-corrected chi connectivity index (χ2v) is 5.64. The van der Waals surface area contributed by atoms with E-state index in [1.165, 1.54) is 11.0 Å². The number of amides is 2. The topological polar surface area (TPSA) is 55.8 Å². The molecule has 1 aromatic rings. The predicted molar refractivity (Wildman–Crippen MR) is 89.0 cm³/mol. The van der Waals surface area contributed by atoms with Crippen molar-refractivity contribution < 1.29 is 14.3 Å². The predicted octanol–water partition coefficient (Wildman–Crippen LogP) is 1.98. The van der Waals surface area contributed by atoms with Gasteiger partial charge in [-0.3, -0.25) is 0 Å². The largest absolute Gasteiger partial charge is 0.395 e. The lowest BCUT2D eigenvalue weighted by Crippen LogP contribution is -2.52. The number of hydrogen-bond donors (Lipinski definition) is 2. The van der Waals surface area contributed by atoms with Crippen molar-refractivity contribution in [2.45, 2.75) is 18.9 Å². The molecular weight excluding hydrogens is 297 g/mol. The van der Waals surface area contributed by atoms with Gasteiger partial charge in [0.1, 0.15) is 5.82 Å². The van der Waals surface area contributed by atoms with Gasteiger partial charge in [0.2, 0.25) is 0 Å². The SMILES string of the molecule is C=CCN(CCO)C(=O)NC1CCCN(c2ccccc2F)C1. The van der Waals surface area contributed by atoms with Gasteiger partial charge >= 0.3 is 6.03 Å². The quantitative estimate of drug-likeness (QED) is 0.788. The molecule has 2 amide bonds. The van der Waals surface area contributed by atoms with Gasteiger partial charge in [-0.15, -0.1) is 6.58 Å². The molecule has 0 bridgehead atoms. The molecular formula is C17H24FN3O2. The number of halogens is 1. The van der Waals surface area contributed by atoms with Crippen LogP contribution in [-0.2, 0) is 0 Å². The maximum Gasteiger partial charge on any atom is 0.318 e. The van der Waals surface area contributed by atoms with E-state index in [2.05, 4.69) is 11.9 Å². The number of nitrogens with zero attached hydrogens (tertiary/aromatic N) is 2. The Balaban J connectivity index is 1.97. The lowest BCUT2D eigenvalue weighted by molar-refractivity contribution is 0.179. The lowest BCUT2D eigenvalue weighted by Gasteiger charge is -2.35. The Morgan fingerprint density at radius 3 is 3.00 bits per heavy atom. The van der Waals surface area contributed by atoms with E-state index in [0.717, 1.165) is 19.4 Å². The van der Waals surface area contributed by atoms with Crippen LogP contribution in [0.15, 0.2) is 36.9 Å². The normalized spacial score (nSPS) is 17.7. The number of para-hydroxylation sites is 1. The maximum absolute atomic E-state index is 13.9. The number of carbonyl (C=O) groups excluding carboxylic acids is 1. The molecule has 0 radical (unpaired) electrons. The molecule has 126 valence electrons. The van der Waals surface area contributed by atoms with Crippen molar-refractivity contribution in [1.29, 1.82) is 0 Å². The average Bonchev–Trinajstić information content (AvgIpc) is 2.55. The number of rotatable bonds is 6. The van der Waals surface area contributed by atoms with Crippen LogP contribution in [0.3, 0.4) is 0 Å². The van der Waals surface area contributed by atoms with Crippen molar-refractivity contribution in [3.8, 4) is 0 Å². The van der Waals surface area contributed by atoms with Crippen LogP contribution >= 0.6 is 0 Å². The van der Waals surface area contributed by atoms with E-state index in [4.69, 9.17) is 5.11 Å². The van der Waals surface area contributed by atoms with Gasteiger partial charge in [0.25, 0.3) is 0 Å². The van der Waals surface area contributed by atoms with Gasteiger partial charge in [-0.05, 0) is 25.0 Å². The fourth-order valence-corrected chi connectivity index (χ4v) is 2.84. The van der Waals surface area contributed by atoms with Crippen LogP contribution < -0.4 is 10.2 Å². The van der Waals surface area contributed by atoms with Crippen LogP contribution in [0.4, 0.5) is 14.9 Å². The highest BCUT2D eigenvalue weighted by atomic mass is 19.1. The van der Waals surface area contributed by atoms with Crippen molar-refractivity contribution in [3.05, 3.63) is 42.7 Å². The van der Waals surface area contributed by atoms with E-state index >= 15 is 0 Å². The third-order valence-electron chi connectivity index (χ3n) is 3.95. The number of carbonyl (C=O) groups is 1. The van der Waals surface area contributed by atoms with Crippen molar-refractivity contribution in [3.63, 3.8) is 0 Å². The van der Waals surface area contributed by atoms with Gasteiger partial charge in [-0.2, -0.15) is 0 Å². The van der Waals surface area contributed by atoms with Crippen LogP contribution in [0.5, 0.6) is 0 Å². The first-order valence-electron chi connectivity index (χ1n) is 7.92. The second-order valence-electron chi connectivity index (χ2n) is 5.64. The molecule has 1 fully saturated rings. The summed E-state index contributed by atoms with van der Waals surface area (Å²) in [5, 5.41) is 12.0. The van der Waals surface area contributed by atoms with Crippen LogP contribution in [0.1, 0.15) is 12.8 Å². The standard InChI is InChI=1S/C17H24FN3O2/c1-2-9-20(11-12-22)17(23)19-14-6-5-10-21(13-14)16-8-4-3-7-15(16)18/h2-4,7-8,14,22H,1,5-6,9-13H2,(H,19,23). The third-order valence-corrected chi connectivity index (χ3v) is 3.95. The maximum atomic E-state index is 13.9. The molecule has 1 aliphatic heterocycles. The number of anilines is 1. The number of aliphatic hydroxyl groups excluding tert-OH is 1. The third kappa shape index (κ3) is 4.69. The summed E-state index contributed by atoms with van der Waals surface area (Å²) in [6.45, 7) is 5.54. The highest BCUT2D eigenvalue weighted by Gasteiger charge is 2.24. The molecule has 0 aliphatic carbocycles. The Kier molecular flexibility index (Phi) is 6.40. The zero-order chi connectivity index (χ0) is 16.7. The van der Waals surface area contributed by atoms with Gasteiger partial charge in [-0.25, -0.2) is 9.18 Å². The molecule has 1 heterocycles. The molecule has 0 saturated carbocycles. The first kappa shape index (κ1) is 17.3. The summed E-state index contributed by atoms with van der Waals surface area (Å²) in [6, 6.07) is 6.43. The summed E-state index contributed by atoms with van der Waals surface area (Å²) in [7, 11) is 0. The van der Waals surface area contributed by atoms with Crippen molar-refractivity contribution >= 4 is 11.7 Å². The average molecular weight is 321 g/mol. The molecule has 0 aromatic heterocycles. The first-order chi connectivity index (χ1) is 11.2. The number of aliphatic hydroxyl groups is 1. The fourth-order valence-electron chi connectivity index (χ4n) is 2.84. The van der Waals surface area contributed by atoms with Crippen molar-refractivity contribution in [1.82, 2.24) is 10.2 Å². The van der Waals surface area contributed by atoms with Gasteiger partial charge in [0.15, 0.2) is 0 Å². The summed E-state index contributed by atoms with van der Waals surface area (Å²) < 4.78 is 13.9. The number of urea groups is 1. The minimum Gasteiger partial charge on any atom is -0.395 e. The van der Waals surface area contributed by atoms with Crippen molar-refractivity contribution in [2.24, 2.45) is 0 Å².